The van der Waals surface area contributed by atoms with Crippen molar-refractivity contribution in [2.24, 2.45) is 0 Å². The van der Waals surface area contributed by atoms with Gasteiger partial charge in [-0.1, -0.05) is 6.07 Å². The summed E-state index contributed by atoms with van der Waals surface area (Å²) in [5, 5.41) is 3.19. The quantitative estimate of drug-likeness (QED) is 0.879. The number of piperidine rings is 1. The molecule has 2 heterocycles. The molecule has 1 saturated heterocycles. The van der Waals surface area contributed by atoms with Gasteiger partial charge in [0.05, 0.1) is 11.7 Å². The first-order valence-corrected chi connectivity index (χ1v) is 8.32. The minimum absolute atomic E-state index is 0. The predicted octanol–water partition coefficient (Wildman–Crippen LogP) is 1.14. The van der Waals surface area contributed by atoms with Crippen molar-refractivity contribution in [1.29, 1.82) is 0 Å². The van der Waals surface area contributed by atoms with E-state index in [1.165, 1.54) is 0 Å². The Bertz CT molecular complexity index is 683. The molecule has 6 nitrogen and oxygen atoms in total. The van der Waals surface area contributed by atoms with Gasteiger partial charge in [0.15, 0.2) is 0 Å². The van der Waals surface area contributed by atoms with Crippen molar-refractivity contribution in [1.82, 2.24) is 18.8 Å². The number of aromatic nitrogens is 2. The lowest BCUT2D eigenvalue weighted by Gasteiger charge is -2.23. The summed E-state index contributed by atoms with van der Waals surface area (Å²) in [7, 11) is -3.54. The van der Waals surface area contributed by atoms with Gasteiger partial charge in [0.25, 0.3) is 0 Å². The molecule has 1 aliphatic heterocycles. The van der Waals surface area contributed by atoms with Gasteiger partial charge in [-0.15, -0.1) is 12.4 Å². The van der Waals surface area contributed by atoms with Gasteiger partial charge in [-0.3, -0.25) is 0 Å². The van der Waals surface area contributed by atoms with Crippen molar-refractivity contribution in [2.75, 3.05) is 13.1 Å². The summed E-state index contributed by atoms with van der Waals surface area (Å²) in [6.45, 7) is 1.62. The van der Waals surface area contributed by atoms with Gasteiger partial charge in [-0.25, -0.2) is 13.1 Å². The molecule has 110 valence electrons. The number of hydrogen-bond acceptors (Lipinski definition) is 6. The molecule has 0 amide bonds. The fourth-order valence-corrected chi connectivity index (χ4v) is 4.27. The highest BCUT2D eigenvalue weighted by Crippen LogP contribution is 2.21. The summed E-state index contributed by atoms with van der Waals surface area (Å²) in [5.74, 6) is 0. The van der Waals surface area contributed by atoms with Crippen LogP contribution in [0.2, 0.25) is 0 Å². The van der Waals surface area contributed by atoms with Crippen LogP contribution in [0.25, 0.3) is 11.0 Å². The lowest BCUT2D eigenvalue weighted by Crippen LogP contribution is -2.45. The van der Waals surface area contributed by atoms with Crippen molar-refractivity contribution < 1.29 is 8.42 Å². The van der Waals surface area contributed by atoms with Gasteiger partial charge in [0.1, 0.15) is 15.9 Å². The van der Waals surface area contributed by atoms with E-state index in [1.807, 2.05) is 0 Å². The Morgan fingerprint density at radius 1 is 1.35 bits per heavy atom. The summed E-state index contributed by atoms with van der Waals surface area (Å²) < 4.78 is 35.7. The van der Waals surface area contributed by atoms with Crippen molar-refractivity contribution in [3.8, 4) is 0 Å². The van der Waals surface area contributed by atoms with Crippen molar-refractivity contribution >= 4 is 45.2 Å². The summed E-state index contributed by atoms with van der Waals surface area (Å²) in [6.07, 6.45) is 1.84. The molecule has 9 heteroatoms. The molecular formula is C11H15ClN4O2S2. The first-order valence-electron chi connectivity index (χ1n) is 6.11. The molecule has 1 aromatic heterocycles. The van der Waals surface area contributed by atoms with Crippen molar-refractivity contribution in [2.45, 2.75) is 23.8 Å². The van der Waals surface area contributed by atoms with Crippen molar-refractivity contribution in [3.63, 3.8) is 0 Å². The van der Waals surface area contributed by atoms with Crippen LogP contribution in [-0.2, 0) is 10.0 Å². The molecule has 0 spiro atoms. The van der Waals surface area contributed by atoms with Gasteiger partial charge >= 0.3 is 0 Å². The summed E-state index contributed by atoms with van der Waals surface area (Å²) in [4.78, 5) is 0.212. The maximum atomic E-state index is 12.4. The van der Waals surface area contributed by atoms with E-state index in [9.17, 15) is 8.42 Å². The molecule has 2 aromatic rings. The Hall–Kier alpha value is -0.800. The Labute approximate surface area is 127 Å². The van der Waals surface area contributed by atoms with E-state index >= 15 is 0 Å². The van der Waals surface area contributed by atoms with E-state index in [0.717, 1.165) is 31.1 Å². The topological polar surface area (TPSA) is 84.0 Å². The fraction of sp³-hybridized carbons (Fsp3) is 0.455. The number of nitrogens with zero attached hydrogens (tertiary/aromatic N) is 2. The minimum atomic E-state index is -3.54. The Morgan fingerprint density at radius 3 is 2.95 bits per heavy atom. The minimum Gasteiger partial charge on any atom is -0.315 e. The number of halogens is 1. The van der Waals surface area contributed by atoms with Gasteiger partial charge in [0.2, 0.25) is 10.0 Å². The molecule has 1 aromatic carbocycles. The van der Waals surface area contributed by atoms with Crippen LogP contribution in [0.5, 0.6) is 0 Å². The normalized spacial score (nSPS) is 19.7. The zero-order valence-electron chi connectivity index (χ0n) is 10.6. The van der Waals surface area contributed by atoms with Crippen molar-refractivity contribution in [3.05, 3.63) is 18.2 Å². The van der Waals surface area contributed by atoms with E-state index in [1.54, 1.807) is 18.2 Å². The third-order valence-electron chi connectivity index (χ3n) is 3.16. The standard InChI is InChI=1S/C11H14N4O2S2.ClH/c16-19(17,15-8-3-2-6-12-7-8)10-5-1-4-9-11(10)14-18-13-9;/h1,4-5,8,12,15H,2-3,6-7H2;1H/t8-;/m0./s1. The maximum absolute atomic E-state index is 12.4. The molecule has 1 atom stereocenters. The summed E-state index contributed by atoms with van der Waals surface area (Å²) in [6, 6.07) is 4.97. The van der Waals surface area contributed by atoms with Crippen LogP contribution >= 0.6 is 24.1 Å². The highest BCUT2D eigenvalue weighted by Gasteiger charge is 2.24. The lowest BCUT2D eigenvalue weighted by atomic mass is 10.1. The monoisotopic (exact) mass is 334 g/mol. The first-order chi connectivity index (χ1) is 9.17. The second-order valence-electron chi connectivity index (χ2n) is 4.55. The molecule has 0 aliphatic carbocycles. The second kappa shape index (κ2) is 6.31. The molecule has 1 aliphatic rings. The number of sulfonamides is 1. The molecule has 1 fully saturated rings. The largest absolute Gasteiger partial charge is 0.315 e. The molecule has 0 radical (unpaired) electrons. The predicted molar refractivity (Wildman–Crippen MR) is 80.9 cm³/mol. The Balaban J connectivity index is 0.00000147. The van der Waals surface area contributed by atoms with Gasteiger partial charge < -0.3 is 5.32 Å². The maximum Gasteiger partial charge on any atom is 0.243 e. The van der Waals surface area contributed by atoms with Crippen LogP contribution in [0.4, 0.5) is 0 Å². The zero-order valence-corrected chi connectivity index (χ0v) is 13.0. The van der Waals surface area contributed by atoms with Crippen LogP contribution in [0, 0.1) is 0 Å². The SMILES string of the molecule is Cl.O=S(=O)(N[C@H]1CCCNC1)c1cccc2nsnc12. The average Bonchev–Trinajstić information content (AvgIpc) is 2.87. The van der Waals surface area contributed by atoms with Gasteiger partial charge in [-0.2, -0.15) is 8.75 Å². The molecule has 0 bridgehead atoms. The van der Waals surface area contributed by atoms with Gasteiger partial charge in [-0.05, 0) is 31.5 Å². The van der Waals surface area contributed by atoms with E-state index in [0.29, 0.717) is 17.6 Å². The lowest BCUT2D eigenvalue weighted by molar-refractivity contribution is 0.429. The molecule has 2 N–H and O–H groups in total. The Morgan fingerprint density at radius 2 is 2.20 bits per heavy atom. The van der Waals surface area contributed by atoms with Crippen LogP contribution < -0.4 is 10.0 Å². The van der Waals surface area contributed by atoms with Gasteiger partial charge in [0, 0.05) is 12.6 Å². The molecule has 3 rings (SSSR count). The number of hydrogen-bond donors (Lipinski definition) is 2. The number of rotatable bonds is 3. The van der Waals surface area contributed by atoms with Crippen LogP contribution in [0.1, 0.15) is 12.8 Å². The van der Waals surface area contributed by atoms with E-state index < -0.39 is 10.0 Å². The second-order valence-corrected chi connectivity index (χ2v) is 6.76. The summed E-state index contributed by atoms with van der Waals surface area (Å²) >= 11 is 1.02. The third-order valence-corrected chi connectivity index (χ3v) is 5.25. The fourth-order valence-electron chi connectivity index (χ4n) is 2.23. The van der Waals surface area contributed by atoms with E-state index in [2.05, 4.69) is 18.8 Å². The third kappa shape index (κ3) is 3.09. The number of nitrogens with one attached hydrogen (secondary N) is 2. The van der Waals surface area contributed by atoms with E-state index in [4.69, 9.17) is 0 Å². The van der Waals surface area contributed by atoms with E-state index in [-0.39, 0.29) is 23.3 Å². The first kappa shape index (κ1) is 15.6. The smallest absolute Gasteiger partial charge is 0.243 e. The highest BCUT2D eigenvalue weighted by atomic mass is 35.5. The average molecular weight is 335 g/mol. The van der Waals surface area contributed by atoms with Crippen LogP contribution in [-0.4, -0.2) is 36.3 Å². The number of benzene rings is 1. The highest BCUT2D eigenvalue weighted by molar-refractivity contribution is 7.89. The molecule has 20 heavy (non-hydrogen) atoms. The zero-order chi connectivity index (χ0) is 13.3. The molecule has 0 unspecified atom stereocenters. The summed E-state index contributed by atoms with van der Waals surface area (Å²) in [5.41, 5.74) is 1.07. The Kier molecular flexibility index (Phi) is 4.92. The molecular weight excluding hydrogens is 320 g/mol. The van der Waals surface area contributed by atoms with Crippen LogP contribution in [0.15, 0.2) is 23.1 Å². The molecule has 0 saturated carbocycles. The number of fused-ring (bicyclic) bond motifs is 1. The van der Waals surface area contributed by atoms with Crippen LogP contribution in [0.3, 0.4) is 0 Å².